The SMILES string of the molecule is COC(=O)C1(CNC[C@@H]2CCC[C@@H](C)C2)CCOCC1. The zero-order valence-electron chi connectivity index (χ0n) is 13.0. The van der Waals surface area contributed by atoms with Crippen molar-refractivity contribution in [2.24, 2.45) is 17.3 Å². The van der Waals surface area contributed by atoms with E-state index in [1.165, 1.54) is 32.8 Å². The highest BCUT2D eigenvalue weighted by Crippen LogP contribution is 2.32. The predicted octanol–water partition coefficient (Wildman–Crippen LogP) is 2.37. The summed E-state index contributed by atoms with van der Waals surface area (Å²) in [5.41, 5.74) is -0.368. The fourth-order valence-corrected chi connectivity index (χ4v) is 3.69. The Morgan fingerprint density at radius 1 is 1.35 bits per heavy atom. The van der Waals surface area contributed by atoms with Crippen molar-refractivity contribution in [2.45, 2.75) is 45.4 Å². The van der Waals surface area contributed by atoms with Crippen molar-refractivity contribution >= 4 is 5.97 Å². The van der Waals surface area contributed by atoms with Crippen LogP contribution in [0.5, 0.6) is 0 Å². The maximum Gasteiger partial charge on any atom is 0.313 e. The number of nitrogens with one attached hydrogen (secondary N) is 1. The van der Waals surface area contributed by atoms with Crippen molar-refractivity contribution in [2.75, 3.05) is 33.4 Å². The number of esters is 1. The van der Waals surface area contributed by atoms with Crippen molar-refractivity contribution in [1.82, 2.24) is 5.32 Å². The molecule has 0 aromatic heterocycles. The van der Waals surface area contributed by atoms with Gasteiger partial charge in [0.25, 0.3) is 0 Å². The molecule has 2 atom stereocenters. The molecule has 1 saturated heterocycles. The summed E-state index contributed by atoms with van der Waals surface area (Å²) in [6.07, 6.45) is 6.91. The lowest BCUT2D eigenvalue weighted by molar-refractivity contribution is -0.158. The third-order valence-corrected chi connectivity index (χ3v) is 5.01. The summed E-state index contributed by atoms with van der Waals surface area (Å²) >= 11 is 0. The smallest absolute Gasteiger partial charge is 0.313 e. The molecule has 2 aliphatic rings. The Balaban J connectivity index is 1.81. The highest BCUT2D eigenvalue weighted by atomic mass is 16.5. The van der Waals surface area contributed by atoms with Gasteiger partial charge >= 0.3 is 5.97 Å². The molecule has 2 fully saturated rings. The Morgan fingerprint density at radius 2 is 2.10 bits per heavy atom. The van der Waals surface area contributed by atoms with Gasteiger partial charge in [-0.25, -0.2) is 0 Å². The molecule has 1 aliphatic carbocycles. The summed E-state index contributed by atoms with van der Waals surface area (Å²) in [4.78, 5) is 12.1. The van der Waals surface area contributed by atoms with Gasteiger partial charge in [-0.15, -0.1) is 0 Å². The number of methoxy groups -OCH3 is 1. The zero-order valence-corrected chi connectivity index (χ0v) is 13.0. The Labute approximate surface area is 122 Å². The van der Waals surface area contributed by atoms with Crippen LogP contribution in [-0.4, -0.2) is 39.4 Å². The molecule has 1 saturated carbocycles. The van der Waals surface area contributed by atoms with Crippen LogP contribution in [0.4, 0.5) is 0 Å². The minimum Gasteiger partial charge on any atom is -0.469 e. The minimum absolute atomic E-state index is 0.0784. The molecule has 4 nitrogen and oxygen atoms in total. The number of ether oxygens (including phenoxy) is 2. The summed E-state index contributed by atoms with van der Waals surface area (Å²) in [5, 5.41) is 3.55. The van der Waals surface area contributed by atoms with E-state index in [1.54, 1.807) is 0 Å². The molecular formula is C16H29NO3. The van der Waals surface area contributed by atoms with Crippen LogP contribution in [0.3, 0.4) is 0 Å². The van der Waals surface area contributed by atoms with Gasteiger partial charge in [-0.05, 0) is 44.1 Å². The summed E-state index contributed by atoms with van der Waals surface area (Å²) in [6, 6.07) is 0. The molecule has 0 aromatic carbocycles. The molecule has 1 N–H and O–H groups in total. The van der Waals surface area contributed by atoms with Gasteiger partial charge in [0.1, 0.15) is 0 Å². The van der Waals surface area contributed by atoms with Gasteiger partial charge in [-0.3, -0.25) is 4.79 Å². The highest BCUT2D eigenvalue weighted by molar-refractivity contribution is 5.77. The van der Waals surface area contributed by atoms with Gasteiger partial charge in [0.2, 0.25) is 0 Å². The van der Waals surface area contributed by atoms with Crippen molar-refractivity contribution in [3.8, 4) is 0 Å². The quantitative estimate of drug-likeness (QED) is 0.787. The van der Waals surface area contributed by atoms with Crippen LogP contribution in [0.25, 0.3) is 0 Å². The molecule has 2 rings (SSSR count). The van der Waals surface area contributed by atoms with E-state index in [0.717, 1.165) is 37.8 Å². The molecule has 1 aliphatic heterocycles. The normalized spacial score (nSPS) is 29.9. The summed E-state index contributed by atoms with van der Waals surface area (Å²) in [7, 11) is 1.49. The van der Waals surface area contributed by atoms with Gasteiger partial charge < -0.3 is 14.8 Å². The average Bonchev–Trinajstić information content (AvgIpc) is 2.47. The van der Waals surface area contributed by atoms with E-state index in [0.29, 0.717) is 13.2 Å². The molecular weight excluding hydrogens is 254 g/mol. The fourth-order valence-electron chi connectivity index (χ4n) is 3.69. The highest BCUT2D eigenvalue weighted by Gasteiger charge is 2.40. The predicted molar refractivity (Wildman–Crippen MR) is 78.5 cm³/mol. The molecule has 20 heavy (non-hydrogen) atoms. The molecule has 0 spiro atoms. The van der Waals surface area contributed by atoms with E-state index in [4.69, 9.17) is 9.47 Å². The first kappa shape index (κ1) is 15.8. The van der Waals surface area contributed by atoms with Crippen molar-refractivity contribution in [1.29, 1.82) is 0 Å². The van der Waals surface area contributed by atoms with Crippen molar-refractivity contribution in [3.63, 3.8) is 0 Å². The first-order chi connectivity index (χ1) is 9.66. The van der Waals surface area contributed by atoms with Gasteiger partial charge in [0, 0.05) is 19.8 Å². The molecule has 0 bridgehead atoms. The molecule has 4 heteroatoms. The van der Waals surface area contributed by atoms with E-state index in [1.807, 2.05) is 0 Å². The third kappa shape index (κ3) is 3.95. The topological polar surface area (TPSA) is 47.6 Å². The Hall–Kier alpha value is -0.610. The lowest BCUT2D eigenvalue weighted by Crippen LogP contribution is -2.46. The second-order valence-corrected chi connectivity index (χ2v) is 6.65. The Morgan fingerprint density at radius 3 is 2.75 bits per heavy atom. The number of rotatable bonds is 5. The van der Waals surface area contributed by atoms with Crippen LogP contribution in [0.1, 0.15) is 45.4 Å². The van der Waals surface area contributed by atoms with Crippen LogP contribution < -0.4 is 5.32 Å². The summed E-state index contributed by atoms with van der Waals surface area (Å²) in [6.45, 7) is 5.44. The third-order valence-electron chi connectivity index (χ3n) is 5.01. The van der Waals surface area contributed by atoms with Crippen LogP contribution in [0, 0.1) is 17.3 Å². The molecule has 0 amide bonds. The van der Waals surface area contributed by atoms with Gasteiger partial charge in [-0.1, -0.05) is 19.8 Å². The number of hydrogen-bond acceptors (Lipinski definition) is 4. The fraction of sp³-hybridized carbons (Fsp3) is 0.938. The maximum absolute atomic E-state index is 12.1. The summed E-state index contributed by atoms with van der Waals surface area (Å²) in [5.74, 6) is 1.55. The first-order valence-electron chi connectivity index (χ1n) is 8.03. The second kappa shape index (κ2) is 7.41. The molecule has 0 unspecified atom stereocenters. The largest absolute Gasteiger partial charge is 0.469 e. The number of carbonyl (C=O) groups excluding carboxylic acids is 1. The zero-order chi connectivity index (χ0) is 14.4. The summed E-state index contributed by atoms with van der Waals surface area (Å²) < 4.78 is 10.4. The van der Waals surface area contributed by atoms with E-state index in [9.17, 15) is 4.79 Å². The van der Waals surface area contributed by atoms with Crippen LogP contribution >= 0.6 is 0 Å². The molecule has 0 aromatic rings. The Bertz CT molecular complexity index is 313. The average molecular weight is 283 g/mol. The molecule has 0 radical (unpaired) electrons. The first-order valence-corrected chi connectivity index (χ1v) is 8.03. The van der Waals surface area contributed by atoms with Crippen molar-refractivity contribution < 1.29 is 14.3 Å². The molecule has 116 valence electrons. The van der Waals surface area contributed by atoms with Crippen molar-refractivity contribution in [3.05, 3.63) is 0 Å². The standard InChI is InChI=1S/C16H29NO3/c1-13-4-3-5-14(10-13)11-17-12-16(15(18)19-2)6-8-20-9-7-16/h13-14,17H,3-12H2,1-2H3/t13-,14-/m1/s1. The van der Waals surface area contributed by atoms with Gasteiger partial charge in [0.05, 0.1) is 12.5 Å². The monoisotopic (exact) mass is 283 g/mol. The van der Waals surface area contributed by atoms with Gasteiger partial charge in [-0.2, -0.15) is 0 Å². The molecule has 1 heterocycles. The van der Waals surface area contributed by atoms with Crippen LogP contribution in [-0.2, 0) is 14.3 Å². The van der Waals surface area contributed by atoms with E-state index in [-0.39, 0.29) is 11.4 Å². The lowest BCUT2D eigenvalue weighted by atomic mass is 9.79. The number of hydrogen-bond donors (Lipinski definition) is 1. The Kier molecular flexibility index (Phi) is 5.85. The maximum atomic E-state index is 12.1. The second-order valence-electron chi connectivity index (χ2n) is 6.65. The minimum atomic E-state index is -0.368. The van der Waals surface area contributed by atoms with E-state index < -0.39 is 0 Å². The van der Waals surface area contributed by atoms with Crippen LogP contribution in [0.15, 0.2) is 0 Å². The number of carbonyl (C=O) groups is 1. The van der Waals surface area contributed by atoms with E-state index in [2.05, 4.69) is 12.2 Å². The van der Waals surface area contributed by atoms with Crippen LogP contribution in [0.2, 0.25) is 0 Å². The van der Waals surface area contributed by atoms with E-state index >= 15 is 0 Å². The lowest BCUT2D eigenvalue weighted by Gasteiger charge is -2.35. The van der Waals surface area contributed by atoms with Gasteiger partial charge in [0.15, 0.2) is 0 Å².